The standard InChI is InChI=1S/C62H39NO/c1-3-18-41(19-4-1)59-53-30-14-12-28-50(53)51-35-34-44(38-55(51)60(59)42-20-5-2-6-21-42)43-23-15-24-46(37-43)63(57-39-45-22-8-9-25-47(45)49-27-11-13-29-52(49)57)56-31-16-32-58-61(56)54-36-33-40-17-7-10-26-48(40)62(54)64-58/h1-39H. The second kappa shape index (κ2) is 14.6. The van der Waals surface area contributed by atoms with Crippen molar-refractivity contribution in [2.45, 2.75) is 0 Å². The predicted octanol–water partition coefficient (Wildman–Crippen LogP) is 17.8. The van der Waals surface area contributed by atoms with Crippen LogP contribution >= 0.6 is 0 Å². The maximum atomic E-state index is 6.81. The van der Waals surface area contributed by atoms with Crippen molar-refractivity contribution < 1.29 is 4.42 Å². The fourth-order valence-electron chi connectivity index (χ4n) is 10.4. The third kappa shape index (κ3) is 5.66. The molecule has 1 heterocycles. The van der Waals surface area contributed by atoms with Crippen LogP contribution in [0.15, 0.2) is 241 Å². The van der Waals surface area contributed by atoms with E-state index in [1.807, 2.05) is 0 Å². The summed E-state index contributed by atoms with van der Waals surface area (Å²) in [7, 11) is 0. The van der Waals surface area contributed by atoms with Crippen LogP contribution in [0.4, 0.5) is 17.1 Å². The van der Waals surface area contributed by atoms with E-state index >= 15 is 0 Å². The van der Waals surface area contributed by atoms with Gasteiger partial charge in [-0.1, -0.05) is 194 Å². The Bertz CT molecular complexity index is 3960. The normalized spacial score (nSPS) is 11.8. The van der Waals surface area contributed by atoms with E-state index in [9.17, 15) is 0 Å². The van der Waals surface area contributed by atoms with Crippen LogP contribution in [-0.4, -0.2) is 0 Å². The Morgan fingerprint density at radius 1 is 0.281 bits per heavy atom. The van der Waals surface area contributed by atoms with Crippen LogP contribution in [0.2, 0.25) is 0 Å². The highest BCUT2D eigenvalue weighted by Crippen LogP contribution is 2.49. The van der Waals surface area contributed by atoms with Gasteiger partial charge in [-0.2, -0.15) is 0 Å². The molecule has 64 heavy (non-hydrogen) atoms. The van der Waals surface area contributed by atoms with Crippen LogP contribution < -0.4 is 4.90 Å². The Labute approximate surface area is 370 Å². The van der Waals surface area contributed by atoms with Gasteiger partial charge in [0.2, 0.25) is 0 Å². The van der Waals surface area contributed by atoms with Gasteiger partial charge in [0.25, 0.3) is 0 Å². The van der Waals surface area contributed by atoms with Gasteiger partial charge in [-0.05, 0) is 119 Å². The zero-order valence-electron chi connectivity index (χ0n) is 34.9. The third-order valence-electron chi connectivity index (χ3n) is 13.2. The van der Waals surface area contributed by atoms with Crippen LogP contribution in [0.1, 0.15) is 0 Å². The Morgan fingerprint density at radius 3 is 1.59 bits per heavy atom. The zero-order valence-corrected chi connectivity index (χ0v) is 34.9. The Hall–Kier alpha value is -8.46. The summed E-state index contributed by atoms with van der Waals surface area (Å²) in [5, 5.41) is 14.3. The molecule has 0 saturated heterocycles. The lowest BCUT2D eigenvalue weighted by molar-refractivity contribution is 0.672. The second-order valence-electron chi connectivity index (χ2n) is 16.8. The van der Waals surface area contributed by atoms with Crippen LogP contribution in [-0.2, 0) is 0 Å². The van der Waals surface area contributed by atoms with Gasteiger partial charge in [-0.25, -0.2) is 0 Å². The molecule has 298 valence electrons. The molecule has 0 aliphatic rings. The molecule has 13 rings (SSSR count). The zero-order chi connectivity index (χ0) is 42.1. The summed E-state index contributed by atoms with van der Waals surface area (Å²) < 4.78 is 6.81. The number of furan rings is 1. The van der Waals surface area contributed by atoms with Crippen molar-refractivity contribution in [2.75, 3.05) is 4.90 Å². The topological polar surface area (TPSA) is 16.4 Å². The molecule has 0 amide bonds. The summed E-state index contributed by atoms with van der Waals surface area (Å²) in [6, 6.07) is 86.1. The van der Waals surface area contributed by atoms with Crippen molar-refractivity contribution in [3.63, 3.8) is 0 Å². The van der Waals surface area contributed by atoms with E-state index in [1.54, 1.807) is 0 Å². The molecule has 0 aliphatic heterocycles. The molecular weight excluding hydrogens is 775 g/mol. The lowest BCUT2D eigenvalue weighted by Gasteiger charge is -2.28. The molecule has 0 spiro atoms. The van der Waals surface area contributed by atoms with Gasteiger partial charge in [0, 0.05) is 21.8 Å². The molecule has 0 radical (unpaired) electrons. The number of anilines is 3. The quantitative estimate of drug-likeness (QED) is 0.156. The number of fused-ring (bicyclic) bond motifs is 11. The van der Waals surface area contributed by atoms with Crippen LogP contribution in [0, 0.1) is 0 Å². The maximum Gasteiger partial charge on any atom is 0.143 e. The monoisotopic (exact) mass is 813 g/mol. The first kappa shape index (κ1) is 36.2. The van der Waals surface area contributed by atoms with Gasteiger partial charge in [0.15, 0.2) is 0 Å². The van der Waals surface area contributed by atoms with Crippen LogP contribution in [0.3, 0.4) is 0 Å². The minimum absolute atomic E-state index is 0.861. The molecular formula is C62H39NO. The number of hydrogen-bond acceptors (Lipinski definition) is 2. The SMILES string of the molecule is c1ccc(-c2c(-c3ccccc3)c3cc(-c4cccc(N(c5cc6ccccc6c6ccccc56)c5cccc6oc7c8ccccc8ccc7c56)c4)ccc3c3ccccc23)cc1. The van der Waals surface area contributed by atoms with Crippen molar-refractivity contribution in [2.24, 2.45) is 0 Å². The molecule has 1 aromatic heterocycles. The molecule has 0 unspecified atom stereocenters. The van der Waals surface area contributed by atoms with Gasteiger partial charge in [-0.15, -0.1) is 0 Å². The van der Waals surface area contributed by atoms with Gasteiger partial charge >= 0.3 is 0 Å². The largest absolute Gasteiger partial charge is 0.455 e. The maximum absolute atomic E-state index is 6.81. The first-order valence-electron chi connectivity index (χ1n) is 22.0. The lowest BCUT2D eigenvalue weighted by atomic mass is 9.84. The molecule has 2 heteroatoms. The van der Waals surface area contributed by atoms with Crippen molar-refractivity contribution in [3.8, 4) is 33.4 Å². The highest BCUT2D eigenvalue weighted by molar-refractivity contribution is 6.23. The minimum Gasteiger partial charge on any atom is -0.455 e. The number of hydrogen-bond donors (Lipinski definition) is 0. The molecule has 0 atom stereocenters. The Kier molecular flexibility index (Phi) is 8.25. The van der Waals surface area contributed by atoms with E-state index < -0.39 is 0 Å². The van der Waals surface area contributed by atoms with Gasteiger partial charge in [0.05, 0.1) is 16.8 Å². The summed E-state index contributed by atoms with van der Waals surface area (Å²) in [5.41, 5.74) is 12.2. The molecule has 0 fully saturated rings. The summed E-state index contributed by atoms with van der Waals surface area (Å²) >= 11 is 0. The van der Waals surface area contributed by atoms with Gasteiger partial charge in [0.1, 0.15) is 11.2 Å². The molecule has 0 saturated carbocycles. The number of nitrogens with zero attached hydrogens (tertiary/aromatic N) is 1. The number of rotatable bonds is 6. The molecule has 2 nitrogen and oxygen atoms in total. The smallest absolute Gasteiger partial charge is 0.143 e. The second-order valence-corrected chi connectivity index (χ2v) is 16.8. The fraction of sp³-hybridized carbons (Fsp3) is 0. The third-order valence-corrected chi connectivity index (χ3v) is 13.2. The Morgan fingerprint density at radius 2 is 0.828 bits per heavy atom. The summed E-state index contributed by atoms with van der Waals surface area (Å²) in [5.74, 6) is 0. The van der Waals surface area contributed by atoms with Gasteiger partial charge < -0.3 is 9.32 Å². The van der Waals surface area contributed by atoms with Crippen molar-refractivity contribution in [1.82, 2.24) is 0 Å². The average molecular weight is 814 g/mol. The summed E-state index contributed by atoms with van der Waals surface area (Å²) in [4.78, 5) is 2.46. The molecule has 12 aromatic carbocycles. The van der Waals surface area contributed by atoms with Crippen LogP contribution in [0.25, 0.3) is 109 Å². The predicted molar refractivity (Wildman–Crippen MR) is 272 cm³/mol. The first-order valence-corrected chi connectivity index (χ1v) is 22.0. The highest BCUT2D eigenvalue weighted by atomic mass is 16.3. The molecule has 0 N–H and O–H groups in total. The highest BCUT2D eigenvalue weighted by Gasteiger charge is 2.24. The van der Waals surface area contributed by atoms with E-state index in [2.05, 4.69) is 241 Å². The van der Waals surface area contributed by atoms with E-state index in [0.29, 0.717) is 0 Å². The van der Waals surface area contributed by atoms with Crippen molar-refractivity contribution in [3.05, 3.63) is 237 Å². The summed E-state index contributed by atoms with van der Waals surface area (Å²) in [6.07, 6.45) is 0. The van der Waals surface area contributed by atoms with Crippen molar-refractivity contribution in [1.29, 1.82) is 0 Å². The molecule has 0 aliphatic carbocycles. The number of benzene rings is 12. The van der Waals surface area contributed by atoms with E-state index in [1.165, 1.54) is 65.3 Å². The molecule has 0 bridgehead atoms. The van der Waals surface area contributed by atoms with E-state index in [-0.39, 0.29) is 0 Å². The lowest BCUT2D eigenvalue weighted by Crippen LogP contribution is -2.11. The van der Waals surface area contributed by atoms with Crippen molar-refractivity contribution >= 4 is 92.9 Å². The Balaban J connectivity index is 1.09. The van der Waals surface area contributed by atoms with Crippen LogP contribution in [0.5, 0.6) is 0 Å². The fourth-order valence-corrected chi connectivity index (χ4v) is 10.4. The van der Waals surface area contributed by atoms with E-state index in [0.717, 1.165) is 60.9 Å². The minimum atomic E-state index is 0.861. The van der Waals surface area contributed by atoms with Gasteiger partial charge in [-0.3, -0.25) is 0 Å². The average Bonchev–Trinajstić information content (AvgIpc) is 3.77. The first-order chi connectivity index (χ1) is 31.8. The summed E-state index contributed by atoms with van der Waals surface area (Å²) in [6.45, 7) is 0. The van der Waals surface area contributed by atoms with E-state index in [4.69, 9.17) is 4.42 Å². The molecule has 13 aromatic rings.